The molecule has 17 heteroatoms. The lowest BCUT2D eigenvalue weighted by molar-refractivity contribution is -0.329. The fraction of sp³-hybridized carbons (Fsp3) is 0.790. The van der Waals surface area contributed by atoms with E-state index in [9.17, 15) is 39.9 Å². The molecule has 4 saturated heterocycles. The molecule has 440 valence electrons. The SMILES string of the molecule is C.CC[C@H](C)CO[C@@]12[C@H](O)[C@@H](C)[C@@]3(O)[C@H]([C@@H]1C2(C)C)[C@@H]1O[C@@]12COC(C)(C)OC2[C@]1(O)C(=O)C=C[C@@H]31.CC[C@H](C)CO[C@@]12[C@H](OC(=O)c3ccccc3)[C@@H](C)[C@@]3(O)[C@H]([C@@H]1C2(C)C)[C@@H]1O[C@@]12COC(C)(C)OC2[C@]1(O)C(=O)C=C[C@@H]31.[2HH]. The number of fused-ring (bicyclic) bond motifs is 14. The summed E-state index contributed by atoms with van der Waals surface area (Å²) in [6.45, 7) is 28.7. The third-order valence-corrected chi connectivity index (χ3v) is 22.8. The van der Waals surface area contributed by atoms with E-state index >= 15 is 0 Å². The van der Waals surface area contributed by atoms with Crippen molar-refractivity contribution in [2.75, 3.05) is 26.4 Å². The van der Waals surface area contributed by atoms with Crippen molar-refractivity contribution in [1.82, 2.24) is 0 Å². The number of benzene rings is 1. The van der Waals surface area contributed by atoms with E-state index in [4.69, 9.17) is 42.6 Å². The van der Waals surface area contributed by atoms with Crippen LogP contribution >= 0.6 is 0 Å². The van der Waals surface area contributed by atoms with E-state index in [1.165, 1.54) is 12.2 Å². The van der Waals surface area contributed by atoms with Crippen molar-refractivity contribution in [3.05, 3.63) is 60.2 Å². The molecule has 24 atom stereocenters. The van der Waals surface area contributed by atoms with Gasteiger partial charge in [0.25, 0.3) is 0 Å². The molecule has 0 bridgehead atoms. The Bertz CT molecular complexity index is 2730. The minimum Gasteiger partial charge on any atom is -0.455 e. The molecule has 17 nitrogen and oxygen atoms in total. The number of ether oxygens (including phenoxy) is 9. The van der Waals surface area contributed by atoms with Crippen LogP contribution in [0.5, 0.6) is 0 Å². The maximum atomic E-state index is 13.7. The minimum atomic E-state index is -2.10. The van der Waals surface area contributed by atoms with E-state index in [1.807, 2.05) is 13.0 Å². The van der Waals surface area contributed by atoms with E-state index in [0.29, 0.717) is 24.7 Å². The third-order valence-electron chi connectivity index (χ3n) is 22.8. The summed E-state index contributed by atoms with van der Waals surface area (Å²) in [5.41, 5.74) is -12.0. The molecule has 1 aromatic rings. The second-order valence-corrected chi connectivity index (χ2v) is 28.1. The summed E-state index contributed by atoms with van der Waals surface area (Å²) < 4.78 is 57.5. The number of aliphatic hydroxyl groups is 5. The fourth-order valence-corrected chi connectivity index (χ4v) is 17.9. The molecule has 2 spiro atoms. The second kappa shape index (κ2) is 17.5. The van der Waals surface area contributed by atoms with Crippen molar-refractivity contribution in [3.8, 4) is 0 Å². The van der Waals surface area contributed by atoms with Gasteiger partial charge in [0.05, 0.1) is 61.5 Å². The molecule has 10 fully saturated rings. The number of hydrogen-bond acceptors (Lipinski definition) is 17. The number of aliphatic hydroxyl groups excluding tert-OH is 1. The highest BCUT2D eigenvalue weighted by atomic mass is 16.8. The lowest BCUT2D eigenvalue weighted by atomic mass is 9.58. The van der Waals surface area contributed by atoms with Gasteiger partial charge in [-0.1, -0.05) is 120 Å². The van der Waals surface area contributed by atoms with E-state index in [-0.39, 0.29) is 39.8 Å². The first-order valence-corrected chi connectivity index (χ1v) is 28.8. The second-order valence-electron chi connectivity index (χ2n) is 28.1. The predicted molar refractivity (Wildman–Crippen MR) is 287 cm³/mol. The first kappa shape index (κ1) is 57.8. The van der Waals surface area contributed by atoms with E-state index in [1.54, 1.807) is 71.0 Å². The van der Waals surface area contributed by atoms with Crippen molar-refractivity contribution in [2.24, 2.45) is 70.0 Å². The Balaban J connectivity index is 0.000000179. The minimum absolute atomic E-state index is 0. The molecule has 12 aliphatic rings. The van der Waals surface area contributed by atoms with E-state index < -0.39 is 157 Å². The molecule has 2 unspecified atom stereocenters. The largest absolute Gasteiger partial charge is 0.455 e. The summed E-state index contributed by atoms with van der Waals surface area (Å²) in [7, 11) is 0. The first-order valence-electron chi connectivity index (χ1n) is 28.8. The van der Waals surface area contributed by atoms with Crippen LogP contribution in [0.3, 0.4) is 0 Å². The van der Waals surface area contributed by atoms with Crippen molar-refractivity contribution < 1.29 is 84.0 Å². The van der Waals surface area contributed by atoms with Gasteiger partial charge in [-0.2, -0.15) is 0 Å². The van der Waals surface area contributed by atoms with E-state index in [0.717, 1.165) is 12.8 Å². The van der Waals surface area contributed by atoms with Crippen molar-refractivity contribution in [3.63, 3.8) is 0 Å². The topological polar surface area (TPSA) is 242 Å². The van der Waals surface area contributed by atoms with Gasteiger partial charge in [-0.3, -0.25) is 9.59 Å². The Morgan fingerprint density at radius 1 is 0.658 bits per heavy atom. The van der Waals surface area contributed by atoms with Crippen LogP contribution in [0.1, 0.15) is 129 Å². The Hall–Kier alpha value is -3.01. The highest BCUT2D eigenvalue weighted by Crippen LogP contribution is 2.82. The zero-order valence-electron chi connectivity index (χ0n) is 47.8. The van der Waals surface area contributed by atoms with Gasteiger partial charge < -0.3 is 68.2 Å². The predicted octanol–water partition coefficient (Wildman–Crippen LogP) is 5.93. The molecule has 5 N–H and O–H groups in total. The van der Waals surface area contributed by atoms with Gasteiger partial charge in [0, 0.05) is 59.6 Å². The highest BCUT2D eigenvalue weighted by Gasteiger charge is 2.95. The lowest BCUT2D eigenvalue weighted by Crippen LogP contribution is -2.70. The summed E-state index contributed by atoms with van der Waals surface area (Å²) in [5, 5.41) is 62.3. The Kier molecular flexibility index (Phi) is 12.8. The Labute approximate surface area is 466 Å². The molecule has 4 aliphatic heterocycles. The maximum absolute atomic E-state index is 13.7. The van der Waals surface area contributed by atoms with Crippen molar-refractivity contribution >= 4 is 17.5 Å². The standard InChI is InChI=1S/C34H44O9.C27H40O8.CH4.H2/c1-8-18(2)16-39-34-24(29(34,4)5)23-26-31(42-26)17-40-30(6,7)43-28(31)33(38)21(14-15-22(33)35)32(23,37)19(3)25(34)41-27(36)20-12-10-9-11-13-20;1-8-13(2)11-32-27-18(22(27,4)5)17-20-24(34-20)12-33-23(6,7)35-21(24)26(31)15(9-10-16(26)28)25(17,30)14(3)19(27)29;;/h9-15,18-19,21,23-26,28,37-38H,8,16-17H2,1-7H3;9-10,13-15,17-21,29-31H,8,11-12H2,1-7H3;1H4;1H/t18-,19+,21-,23+,24+,25+,26-,28?,31-,32-,33+,34+;13-,14+,15-,17+,18+,19+,20-,21?,24-,25-,26+,27+;;/m00../s1/i;;;1+1. The summed E-state index contributed by atoms with van der Waals surface area (Å²) in [4.78, 5) is 40.6. The van der Waals surface area contributed by atoms with Crippen LogP contribution in [-0.4, -0.2) is 163 Å². The van der Waals surface area contributed by atoms with Crippen LogP contribution in [0.25, 0.3) is 0 Å². The number of rotatable bonds is 10. The highest BCUT2D eigenvalue weighted by molar-refractivity contribution is 6.02. The number of carbonyl (C=O) groups excluding carboxylic acids is 3. The summed E-state index contributed by atoms with van der Waals surface area (Å²) >= 11 is 0. The molecule has 6 saturated carbocycles. The Morgan fingerprint density at radius 3 is 1.53 bits per heavy atom. The van der Waals surface area contributed by atoms with Crippen LogP contribution in [-0.2, 0) is 52.2 Å². The van der Waals surface area contributed by atoms with Crippen molar-refractivity contribution in [2.45, 2.75) is 210 Å². The molecule has 0 amide bonds. The van der Waals surface area contributed by atoms with Crippen LogP contribution in [0.15, 0.2) is 54.6 Å². The average molecular weight is 1110 g/mol. The summed E-state index contributed by atoms with van der Waals surface area (Å²) in [6, 6.07) is 8.78. The number of hydrogen-bond donors (Lipinski definition) is 5. The van der Waals surface area contributed by atoms with E-state index in [2.05, 4.69) is 55.4 Å². The molecule has 0 aromatic heterocycles. The quantitative estimate of drug-likeness (QED) is 0.135. The third kappa shape index (κ3) is 6.99. The summed E-state index contributed by atoms with van der Waals surface area (Å²) in [5.74, 6) is -8.08. The molecule has 4 heterocycles. The number of ketones is 2. The molecule has 13 rings (SSSR count). The van der Waals surface area contributed by atoms with Crippen LogP contribution in [0.4, 0.5) is 0 Å². The van der Waals surface area contributed by atoms with Gasteiger partial charge in [-0.05, 0) is 63.8 Å². The molecule has 8 aliphatic carbocycles. The van der Waals surface area contributed by atoms with Crippen LogP contribution < -0.4 is 0 Å². The van der Waals surface area contributed by atoms with Gasteiger partial charge in [0.2, 0.25) is 0 Å². The normalized spacial score (nSPS) is 51.7. The maximum Gasteiger partial charge on any atom is 0.338 e. The first-order chi connectivity index (χ1) is 36.3. The van der Waals surface area contributed by atoms with Gasteiger partial charge in [0.15, 0.2) is 34.3 Å². The number of esters is 1. The summed E-state index contributed by atoms with van der Waals surface area (Å²) in [6.07, 6.45) is 2.81. The Morgan fingerprint density at radius 2 is 1.08 bits per heavy atom. The molecular formula is C62H90O17. The monoisotopic (exact) mass is 1110 g/mol. The zero-order valence-corrected chi connectivity index (χ0v) is 47.8. The van der Waals surface area contributed by atoms with Gasteiger partial charge >= 0.3 is 5.97 Å². The van der Waals surface area contributed by atoms with Gasteiger partial charge in [0.1, 0.15) is 40.7 Å². The number of epoxide rings is 2. The average Bonchev–Trinajstić information content (AvgIpc) is 3.66. The van der Waals surface area contributed by atoms with Crippen molar-refractivity contribution in [1.29, 1.82) is 0 Å². The molecule has 79 heavy (non-hydrogen) atoms. The smallest absolute Gasteiger partial charge is 0.338 e. The van der Waals surface area contributed by atoms with Crippen LogP contribution in [0.2, 0.25) is 0 Å². The molecule has 1 aromatic carbocycles. The van der Waals surface area contributed by atoms with Crippen LogP contribution in [0, 0.1) is 70.0 Å². The number of carbonyl (C=O) groups is 3. The molecular weight excluding hydrogens is 1020 g/mol. The van der Waals surface area contributed by atoms with Gasteiger partial charge in [-0.15, -0.1) is 0 Å². The fourth-order valence-electron chi connectivity index (χ4n) is 17.9. The molecule has 0 radical (unpaired) electrons. The zero-order chi connectivity index (χ0) is 56.5. The van der Waals surface area contributed by atoms with Gasteiger partial charge in [-0.25, -0.2) is 4.79 Å². The lowest BCUT2D eigenvalue weighted by Gasteiger charge is -2.54.